The second-order valence-electron chi connectivity index (χ2n) is 6.92. The molecule has 3 aromatic rings. The van der Waals surface area contributed by atoms with Crippen LogP contribution in [0.2, 0.25) is 0 Å². The number of hydrogen-bond acceptors (Lipinski definition) is 6. The van der Waals surface area contributed by atoms with Crippen molar-refractivity contribution in [3.63, 3.8) is 0 Å². The molecule has 8 heteroatoms. The summed E-state index contributed by atoms with van der Waals surface area (Å²) >= 11 is 1.56. The highest BCUT2D eigenvalue weighted by atomic mass is 32.2. The topological polar surface area (TPSA) is 96.3 Å². The summed E-state index contributed by atoms with van der Waals surface area (Å²) in [6.07, 6.45) is 1.55. The fourth-order valence-electron chi connectivity index (χ4n) is 2.74. The summed E-state index contributed by atoms with van der Waals surface area (Å²) in [5.41, 5.74) is 7.52. The summed E-state index contributed by atoms with van der Waals surface area (Å²) in [5.74, 6) is 0.303. The van der Waals surface area contributed by atoms with Crippen molar-refractivity contribution in [3.05, 3.63) is 82.7 Å². The van der Waals surface area contributed by atoms with Crippen LogP contribution in [0.5, 0.6) is 0 Å². The van der Waals surface area contributed by atoms with Gasteiger partial charge in [0, 0.05) is 35.3 Å². The van der Waals surface area contributed by atoms with Crippen LogP contribution in [0.4, 0.5) is 5.69 Å². The number of anilines is 1. The number of amides is 2. The highest BCUT2D eigenvalue weighted by molar-refractivity contribution is 7.98. The van der Waals surface area contributed by atoms with Crippen LogP contribution in [0, 0.1) is 13.8 Å². The lowest BCUT2D eigenvalue weighted by Crippen LogP contribution is -2.17. The molecule has 2 aromatic carbocycles. The first-order valence-corrected chi connectivity index (χ1v) is 10.6. The number of aryl methyl sites for hydroxylation is 2. The molecule has 2 amide bonds. The number of rotatable bonds is 7. The third-order valence-corrected chi connectivity index (χ3v) is 5.08. The van der Waals surface area contributed by atoms with Crippen molar-refractivity contribution >= 4 is 35.5 Å². The molecule has 0 spiro atoms. The normalized spacial score (nSPS) is 10.8. The molecule has 0 saturated heterocycles. The lowest BCUT2D eigenvalue weighted by molar-refractivity contribution is -0.114. The Morgan fingerprint density at radius 2 is 1.65 bits per heavy atom. The van der Waals surface area contributed by atoms with Crippen molar-refractivity contribution in [2.45, 2.75) is 31.7 Å². The van der Waals surface area contributed by atoms with Gasteiger partial charge in [-0.15, -0.1) is 0 Å². The van der Waals surface area contributed by atoms with E-state index in [4.69, 9.17) is 0 Å². The first kappa shape index (κ1) is 22.2. The van der Waals surface area contributed by atoms with E-state index in [2.05, 4.69) is 25.8 Å². The maximum absolute atomic E-state index is 12.3. The number of benzene rings is 2. The Morgan fingerprint density at radius 1 is 1.00 bits per heavy atom. The number of nitrogens with one attached hydrogen (secondary N) is 2. The lowest BCUT2D eigenvalue weighted by Gasteiger charge is -2.05. The van der Waals surface area contributed by atoms with Gasteiger partial charge in [0.1, 0.15) is 0 Å². The van der Waals surface area contributed by atoms with Gasteiger partial charge in [0.2, 0.25) is 5.91 Å². The van der Waals surface area contributed by atoms with Gasteiger partial charge in [-0.2, -0.15) is 5.10 Å². The summed E-state index contributed by atoms with van der Waals surface area (Å²) in [6.45, 7) is 5.36. The first-order valence-electron chi connectivity index (χ1n) is 9.64. The van der Waals surface area contributed by atoms with Gasteiger partial charge in [-0.25, -0.2) is 15.4 Å². The summed E-state index contributed by atoms with van der Waals surface area (Å²) in [4.78, 5) is 32.2. The molecule has 31 heavy (non-hydrogen) atoms. The summed E-state index contributed by atoms with van der Waals surface area (Å²) in [6, 6.07) is 16.4. The molecule has 1 aromatic heterocycles. The average Bonchev–Trinajstić information content (AvgIpc) is 2.73. The molecule has 0 fully saturated rings. The predicted molar refractivity (Wildman–Crippen MR) is 123 cm³/mol. The predicted octanol–water partition coefficient (Wildman–Crippen LogP) is 4.11. The second-order valence-corrected chi connectivity index (χ2v) is 7.86. The Hall–Kier alpha value is -3.52. The third kappa shape index (κ3) is 7.04. The van der Waals surface area contributed by atoms with Gasteiger partial charge in [0.25, 0.3) is 5.91 Å². The molecule has 0 aliphatic heterocycles. The fourth-order valence-corrected chi connectivity index (χ4v) is 3.65. The zero-order valence-corrected chi connectivity index (χ0v) is 18.4. The number of nitrogens with zero attached hydrogens (tertiary/aromatic N) is 3. The molecular formula is C23H23N5O2S. The van der Waals surface area contributed by atoms with E-state index < -0.39 is 0 Å². The molecule has 0 radical (unpaired) electrons. The minimum Gasteiger partial charge on any atom is -0.326 e. The Kier molecular flexibility index (Phi) is 7.50. The van der Waals surface area contributed by atoms with Crippen molar-refractivity contribution in [2.24, 2.45) is 5.10 Å². The molecule has 3 rings (SSSR count). The molecule has 0 bridgehead atoms. The van der Waals surface area contributed by atoms with E-state index in [1.54, 1.807) is 54.4 Å². The number of carbonyl (C=O) groups excluding carboxylic acids is 2. The maximum atomic E-state index is 12.3. The van der Waals surface area contributed by atoms with Crippen LogP contribution in [-0.2, 0) is 10.5 Å². The van der Waals surface area contributed by atoms with Crippen molar-refractivity contribution in [1.29, 1.82) is 0 Å². The number of thioether (sulfide) groups is 1. The number of hydrazone groups is 1. The van der Waals surface area contributed by atoms with Crippen molar-refractivity contribution in [3.8, 4) is 0 Å². The maximum Gasteiger partial charge on any atom is 0.271 e. The minimum atomic E-state index is -0.289. The van der Waals surface area contributed by atoms with Crippen LogP contribution >= 0.6 is 11.8 Å². The van der Waals surface area contributed by atoms with Crippen LogP contribution in [-0.4, -0.2) is 28.0 Å². The molecule has 0 unspecified atom stereocenters. The number of carbonyl (C=O) groups is 2. The number of hydrogen-bond donors (Lipinski definition) is 2. The van der Waals surface area contributed by atoms with Crippen LogP contribution in [0.15, 0.2) is 64.9 Å². The van der Waals surface area contributed by atoms with Gasteiger partial charge in [-0.1, -0.05) is 36.0 Å². The van der Waals surface area contributed by atoms with Crippen molar-refractivity contribution in [2.75, 3.05) is 5.32 Å². The fraction of sp³-hybridized carbons (Fsp3) is 0.174. The average molecular weight is 434 g/mol. The SMILES string of the molecule is CC(=O)Nc1ccc(/C=N/NC(=O)c2ccc(CSc3nc(C)cc(C)n3)cc2)cc1. The zero-order chi connectivity index (χ0) is 22.2. The molecule has 158 valence electrons. The third-order valence-electron chi connectivity index (χ3n) is 4.16. The largest absolute Gasteiger partial charge is 0.326 e. The molecule has 7 nitrogen and oxygen atoms in total. The van der Waals surface area contributed by atoms with Crippen LogP contribution in [0.1, 0.15) is 39.8 Å². The molecule has 0 aliphatic carbocycles. The van der Waals surface area contributed by atoms with Crippen molar-refractivity contribution < 1.29 is 9.59 Å². The minimum absolute atomic E-state index is 0.128. The smallest absolute Gasteiger partial charge is 0.271 e. The van der Waals surface area contributed by atoms with E-state index in [1.807, 2.05) is 32.0 Å². The Labute approximate surface area is 185 Å². The van der Waals surface area contributed by atoms with E-state index >= 15 is 0 Å². The quantitative estimate of drug-likeness (QED) is 0.253. The van der Waals surface area contributed by atoms with Crippen LogP contribution in [0.25, 0.3) is 0 Å². The zero-order valence-electron chi connectivity index (χ0n) is 17.5. The van der Waals surface area contributed by atoms with Crippen molar-refractivity contribution in [1.82, 2.24) is 15.4 Å². The highest BCUT2D eigenvalue weighted by Gasteiger charge is 2.06. The van der Waals surface area contributed by atoms with E-state index in [0.29, 0.717) is 11.3 Å². The van der Waals surface area contributed by atoms with E-state index in [1.165, 1.54) is 6.92 Å². The van der Waals surface area contributed by atoms with Gasteiger partial charge >= 0.3 is 0 Å². The first-order chi connectivity index (χ1) is 14.9. The summed E-state index contributed by atoms with van der Waals surface area (Å²) in [5, 5.41) is 7.43. The Morgan fingerprint density at radius 3 is 2.26 bits per heavy atom. The molecule has 0 aliphatic rings. The summed E-state index contributed by atoms with van der Waals surface area (Å²) in [7, 11) is 0. The van der Waals surface area contributed by atoms with E-state index in [0.717, 1.165) is 33.4 Å². The summed E-state index contributed by atoms with van der Waals surface area (Å²) < 4.78 is 0. The highest BCUT2D eigenvalue weighted by Crippen LogP contribution is 2.20. The molecule has 1 heterocycles. The van der Waals surface area contributed by atoms with E-state index in [-0.39, 0.29) is 11.8 Å². The molecule has 0 atom stereocenters. The van der Waals surface area contributed by atoms with E-state index in [9.17, 15) is 9.59 Å². The Balaban J connectivity index is 1.51. The second kappa shape index (κ2) is 10.5. The van der Waals surface area contributed by atoms with Gasteiger partial charge in [-0.05, 0) is 55.3 Å². The molecule has 0 saturated carbocycles. The van der Waals surface area contributed by atoms with Crippen LogP contribution in [0.3, 0.4) is 0 Å². The van der Waals surface area contributed by atoms with Gasteiger partial charge < -0.3 is 5.32 Å². The molecule has 2 N–H and O–H groups in total. The van der Waals surface area contributed by atoms with Gasteiger partial charge in [-0.3, -0.25) is 9.59 Å². The molecular weight excluding hydrogens is 410 g/mol. The lowest BCUT2D eigenvalue weighted by atomic mass is 10.1. The Bertz CT molecular complexity index is 1080. The standard InChI is InChI=1S/C23H23N5O2S/c1-15-12-16(2)26-23(25-15)31-14-19-4-8-20(9-5-19)22(30)28-24-13-18-6-10-21(11-7-18)27-17(3)29/h4-13H,14H2,1-3H3,(H,27,29)(H,28,30)/b24-13+. The van der Waals surface area contributed by atoms with Crippen LogP contribution < -0.4 is 10.7 Å². The monoisotopic (exact) mass is 433 g/mol. The van der Waals surface area contributed by atoms with Gasteiger partial charge in [0.05, 0.1) is 6.21 Å². The van der Waals surface area contributed by atoms with Gasteiger partial charge in [0.15, 0.2) is 5.16 Å². The number of aromatic nitrogens is 2.